The topological polar surface area (TPSA) is 156 Å². The van der Waals surface area contributed by atoms with E-state index in [1.165, 1.54) is 6.07 Å². The largest absolute Gasteiger partial charge is 0.507 e. The van der Waals surface area contributed by atoms with Gasteiger partial charge in [-0.3, -0.25) is 0 Å². The molecule has 0 aliphatic heterocycles. The molecule has 8 heteroatoms. The first kappa shape index (κ1) is 26.6. The Morgan fingerprint density at radius 3 is 1.55 bits per heavy atom. The minimum atomic E-state index is -1.45. The van der Waals surface area contributed by atoms with Gasteiger partial charge in [0.1, 0.15) is 34.1 Å². The van der Waals surface area contributed by atoms with Gasteiger partial charge in [-0.15, -0.1) is 0 Å². The summed E-state index contributed by atoms with van der Waals surface area (Å²) >= 11 is 0. The second-order valence-corrected chi connectivity index (χ2v) is 11.5. The Morgan fingerprint density at radius 1 is 0.579 bits per heavy atom. The molecule has 0 heterocycles. The number of carboxylic acid groups (broad SMARTS) is 2. The van der Waals surface area contributed by atoms with E-state index in [4.69, 9.17) is 0 Å². The summed E-state index contributed by atoms with van der Waals surface area (Å²) < 4.78 is 0. The maximum absolute atomic E-state index is 11.9. The quantitative estimate of drug-likeness (QED) is 0.180. The number of aromatic hydroxyl groups is 4. The summed E-state index contributed by atoms with van der Waals surface area (Å²) in [4.78, 5) is 23.5. The number of aromatic carboxylic acids is 2. The van der Waals surface area contributed by atoms with Crippen LogP contribution < -0.4 is 0 Å². The molecule has 0 radical (unpaired) electrons. The Hall–Kier alpha value is -4.46. The number of rotatable bonds is 3. The molecule has 0 atom stereocenters. The number of carboxylic acids is 2. The summed E-state index contributed by atoms with van der Waals surface area (Å²) in [5, 5.41) is 63.5. The number of hydrogen-bond acceptors (Lipinski definition) is 6. The third-order valence-electron chi connectivity index (χ3n) is 6.77. The molecule has 0 fully saturated rings. The van der Waals surface area contributed by atoms with Crippen LogP contribution in [0.4, 0.5) is 0 Å². The maximum atomic E-state index is 11.9. The monoisotopic (exact) mass is 518 g/mol. The first-order valence-corrected chi connectivity index (χ1v) is 12.0. The van der Waals surface area contributed by atoms with Crippen LogP contribution in [0.5, 0.6) is 23.0 Å². The van der Waals surface area contributed by atoms with Crippen molar-refractivity contribution in [2.75, 3.05) is 0 Å². The summed E-state index contributed by atoms with van der Waals surface area (Å²) in [5.41, 5.74) is 0.140. The minimum absolute atomic E-state index is 0.270. The zero-order valence-electron chi connectivity index (χ0n) is 22.0. The highest BCUT2D eigenvalue weighted by Gasteiger charge is 2.31. The van der Waals surface area contributed by atoms with E-state index in [1.807, 2.05) is 41.5 Å². The fourth-order valence-electron chi connectivity index (χ4n) is 5.29. The van der Waals surface area contributed by atoms with Crippen LogP contribution in [0.1, 0.15) is 73.4 Å². The molecule has 4 aromatic rings. The van der Waals surface area contributed by atoms with Crippen LogP contribution in [0.15, 0.2) is 36.4 Å². The van der Waals surface area contributed by atoms with Crippen molar-refractivity contribution in [1.29, 1.82) is 0 Å². The number of benzene rings is 4. The fraction of sp³-hybridized carbons (Fsp3) is 0.267. The molecule has 6 N–H and O–H groups in total. The van der Waals surface area contributed by atoms with E-state index < -0.39 is 56.9 Å². The first-order valence-electron chi connectivity index (χ1n) is 12.0. The molecule has 0 unspecified atom stereocenters. The van der Waals surface area contributed by atoms with Gasteiger partial charge in [0.2, 0.25) is 0 Å². The molecular weight excluding hydrogens is 488 g/mol. The van der Waals surface area contributed by atoms with Crippen LogP contribution in [-0.2, 0) is 10.8 Å². The van der Waals surface area contributed by atoms with Crippen molar-refractivity contribution < 1.29 is 40.2 Å². The third kappa shape index (κ3) is 4.02. The maximum Gasteiger partial charge on any atom is 0.343 e. The van der Waals surface area contributed by atoms with Gasteiger partial charge in [0.25, 0.3) is 0 Å². The van der Waals surface area contributed by atoms with Crippen LogP contribution in [-0.4, -0.2) is 42.6 Å². The van der Waals surface area contributed by atoms with E-state index in [0.717, 1.165) is 11.1 Å². The lowest BCUT2D eigenvalue weighted by Crippen LogP contribution is -2.15. The van der Waals surface area contributed by atoms with E-state index in [0.29, 0.717) is 21.9 Å². The van der Waals surface area contributed by atoms with Crippen LogP contribution >= 0.6 is 0 Å². The molecular formula is C30H30O8. The van der Waals surface area contributed by atoms with E-state index >= 15 is 0 Å². The predicted molar refractivity (Wildman–Crippen MR) is 145 cm³/mol. The summed E-state index contributed by atoms with van der Waals surface area (Å²) in [6, 6.07) is 9.75. The smallest absolute Gasteiger partial charge is 0.343 e. The minimum Gasteiger partial charge on any atom is -0.507 e. The van der Waals surface area contributed by atoms with E-state index in [-0.39, 0.29) is 10.8 Å². The lowest BCUT2D eigenvalue weighted by molar-refractivity contribution is 0.0678. The van der Waals surface area contributed by atoms with Gasteiger partial charge < -0.3 is 30.6 Å². The zero-order chi connectivity index (χ0) is 28.5. The SMILES string of the molecule is CC(C)(C)c1c(-c2ccc3c(O)c(C(=O)O)c(O)c(C(C)(C)C)c3c2)ccc2c(O)c(C(=O)O)c(O)cc12. The molecule has 8 nitrogen and oxygen atoms in total. The first-order chi connectivity index (χ1) is 17.5. The molecule has 0 saturated carbocycles. The van der Waals surface area contributed by atoms with Gasteiger partial charge in [-0.1, -0.05) is 59.7 Å². The van der Waals surface area contributed by atoms with Crippen molar-refractivity contribution in [2.45, 2.75) is 52.4 Å². The van der Waals surface area contributed by atoms with Gasteiger partial charge >= 0.3 is 11.9 Å². The lowest BCUT2D eigenvalue weighted by atomic mass is 9.77. The van der Waals surface area contributed by atoms with Crippen LogP contribution in [0.3, 0.4) is 0 Å². The second kappa shape index (κ2) is 8.55. The second-order valence-electron chi connectivity index (χ2n) is 11.5. The van der Waals surface area contributed by atoms with Crippen molar-refractivity contribution >= 4 is 33.5 Å². The highest BCUT2D eigenvalue weighted by Crippen LogP contribution is 2.48. The van der Waals surface area contributed by atoms with Gasteiger partial charge in [-0.05, 0) is 56.5 Å². The summed E-state index contributed by atoms with van der Waals surface area (Å²) in [6.07, 6.45) is 0. The molecule has 0 aliphatic carbocycles. The van der Waals surface area contributed by atoms with Crippen molar-refractivity contribution in [3.05, 3.63) is 58.7 Å². The Bertz CT molecular complexity index is 1670. The van der Waals surface area contributed by atoms with Gasteiger partial charge in [0.15, 0.2) is 0 Å². The average molecular weight is 519 g/mol. The summed E-state index contributed by atoms with van der Waals surface area (Å²) in [7, 11) is 0. The molecule has 0 bridgehead atoms. The molecule has 0 spiro atoms. The van der Waals surface area contributed by atoms with Gasteiger partial charge in [0.05, 0.1) is 0 Å². The normalized spacial score (nSPS) is 12.3. The van der Waals surface area contributed by atoms with Crippen molar-refractivity contribution in [3.63, 3.8) is 0 Å². The molecule has 198 valence electrons. The molecule has 0 saturated heterocycles. The van der Waals surface area contributed by atoms with Crippen LogP contribution in [0.2, 0.25) is 0 Å². The molecule has 4 rings (SSSR count). The average Bonchev–Trinajstić information content (AvgIpc) is 2.75. The predicted octanol–water partition coefficient (Wildman–Crippen LogP) is 6.47. The number of phenols is 4. The molecule has 38 heavy (non-hydrogen) atoms. The van der Waals surface area contributed by atoms with E-state index in [1.54, 1.807) is 30.3 Å². The Kier molecular flexibility index (Phi) is 5.98. The molecule has 0 aromatic heterocycles. The van der Waals surface area contributed by atoms with E-state index in [2.05, 4.69) is 0 Å². The number of carbonyl (C=O) groups is 2. The van der Waals surface area contributed by atoms with Crippen molar-refractivity contribution in [3.8, 4) is 34.1 Å². The molecule has 0 aliphatic rings. The van der Waals surface area contributed by atoms with Crippen LogP contribution in [0.25, 0.3) is 32.7 Å². The summed E-state index contributed by atoms with van der Waals surface area (Å²) in [6.45, 7) is 11.3. The van der Waals surface area contributed by atoms with Crippen molar-refractivity contribution in [1.82, 2.24) is 0 Å². The number of fused-ring (bicyclic) bond motifs is 2. The highest BCUT2D eigenvalue weighted by atomic mass is 16.4. The Morgan fingerprint density at radius 2 is 1.05 bits per heavy atom. The Labute approximate surface area is 219 Å². The zero-order valence-corrected chi connectivity index (χ0v) is 22.0. The van der Waals surface area contributed by atoms with Gasteiger partial charge in [-0.25, -0.2) is 9.59 Å². The van der Waals surface area contributed by atoms with Crippen LogP contribution in [0, 0.1) is 0 Å². The number of hydrogen-bond donors (Lipinski definition) is 6. The van der Waals surface area contributed by atoms with Crippen molar-refractivity contribution in [2.24, 2.45) is 0 Å². The van der Waals surface area contributed by atoms with E-state index in [9.17, 15) is 40.2 Å². The third-order valence-corrected chi connectivity index (χ3v) is 6.77. The molecule has 4 aromatic carbocycles. The lowest BCUT2D eigenvalue weighted by Gasteiger charge is -2.27. The Balaban J connectivity index is 2.16. The molecule has 0 amide bonds. The fourth-order valence-corrected chi connectivity index (χ4v) is 5.29. The standard InChI is InChI=1S/C30H30O8/c1-29(2,3)22-14(9-10-16-18(22)12-19(31)20(24(16)32)27(35)36)13-7-8-15-17(11-13)23(30(4,5)6)26(34)21(25(15)33)28(37)38/h7-12,31-34H,1-6H3,(H,35,36)(H,37,38). The summed E-state index contributed by atoms with van der Waals surface area (Å²) in [5.74, 6) is -5.02. The van der Waals surface area contributed by atoms with Gasteiger partial charge in [-0.2, -0.15) is 0 Å². The van der Waals surface area contributed by atoms with Gasteiger partial charge in [0, 0.05) is 16.3 Å². The highest BCUT2D eigenvalue weighted by molar-refractivity contribution is 6.08.